The van der Waals surface area contributed by atoms with Crippen molar-refractivity contribution in [3.8, 4) is 0 Å². The molecule has 1 aliphatic rings. The molecule has 84 valence electrons. The Morgan fingerprint density at radius 1 is 1.47 bits per heavy atom. The van der Waals surface area contributed by atoms with Gasteiger partial charge < -0.3 is 14.3 Å². The van der Waals surface area contributed by atoms with Gasteiger partial charge in [-0.25, -0.2) is 0 Å². The predicted octanol–water partition coefficient (Wildman–Crippen LogP) is 2.78. The quantitative estimate of drug-likeness (QED) is 0.868. The van der Waals surface area contributed by atoms with Gasteiger partial charge in [-0.3, -0.25) is 0 Å². The van der Waals surface area contributed by atoms with Crippen LogP contribution in [0.25, 0.3) is 0 Å². The van der Waals surface area contributed by atoms with Crippen LogP contribution in [0.3, 0.4) is 0 Å². The van der Waals surface area contributed by atoms with Crippen LogP contribution in [0.2, 0.25) is 5.22 Å². The van der Waals surface area contributed by atoms with Gasteiger partial charge in [0.05, 0.1) is 12.4 Å². The summed E-state index contributed by atoms with van der Waals surface area (Å²) in [5.41, 5.74) is 0.697. The molecule has 0 aromatic carbocycles. The second-order valence-corrected chi connectivity index (χ2v) is 4.30. The van der Waals surface area contributed by atoms with Crippen molar-refractivity contribution >= 4 is 11.6 Å². The van der Waals surface area contributed by atoms with E-state index in [0.717, 1.165) is 32.5 Å². The minimum absolute atomic E-state index is 0.301. The molecule has 4 heteroatoms. The van der Waals surface area contributed by atoms with Crippen molar-refractivity contribution in [2.24, 2.45) is 5.92 Å². The number of halogens is 1. The predicted molar refractivity (Wildman–Crippen MR) is 56.8 cm³/mol. The third kappa shape index (κ3) is 2.74. The SMILES string of the molecule is OC(CC1CCOCC1)c1ccoc1Cl. The van der Waals surface area contributed by atoms with E-state index >= 15 is 0 Å². The van der Waals surface area contributed by atoms with E-state index in [-0.39, 0.29) is 0 Å². The molecule has 0 bridgehead atoms. The largest absolute Gasteiger partial charge is 0.453 e. The summed E-state index contributed by atoms with van der Waals surface area (Å²) in [7, 11) is 0. The van der Waals surface area contributed by atoms with E-state index in [2.05, 4.69) is 0 Å². The first-order valence-corrected chi connectivity index (χ1v) is 5.64. The molecule has 1 saturated heterocycles. The lowest BCUT2D eigenvalue weighted by molar-refractivity contribution is 0.0434. The highest BCUT2D eigenvalue weighted by atomic mass is 35.5. The second kappa shape index (κ2) is 5.01. The number of hydrogen-bond acceptors (Lipinski definition) is 3. The minimum atomic E-state index is -0.514. The van der Waals surface area contributed by atoms with Gasteiger partial charge in [-0.05, 0) is 42.8 Å². The average molecular weight is 231 g/mol. The van der Waals surface area contributed by atoms with Gasteiger partial charge in [-0.2, -0.15) is 0 Å². The van der Waals surface area contributed by atoms with E-state index in [0.29, 0.717) is 16.7 Å². The van der Waals surface area contributed by atoms with Crippen molar-refractivity contribution in [2.75, 3.05) is 13.2 Å². The number of hydrogen-bond donors (Lipinski definition) is 1. The standard InChI is InChI=1S/C11H15ClO3/c12-11-9(3-6-15-11)10(13)7-8-1-4-14-5-2-8/h3,6,8,10,13H,1-2,4-5,7H2. The van der Waals surface area contributed by atoms with Gasteiger partial charge in [-0.15, -0.1) is 0 Å². The Morgan fingerprint density at radius 3 is 2.80 bits per heavy atom. The van der Waals surface area contributed by atoms with Crippen LogP contribution in [0.4, 0.5) is 0 Å². The molecule has 0 spiro atoms. The van der Waals surface area contributed by atoms with Crippen LogP contribution < -0.4 is 0 Å². The number of aliphatic hydroxyl groups excluding tert-OH is 1. The number of aliphatic hydroxyl groups is 1. The van der Waals surface area contributed by atoms with Gasteiger partial charge in [0.25, 0.3) is 0 Å². The zero-order valence-corrected chi connectivity index (χ0v) is 9.24. The number of rotatable bonds is 3. The van der Waals surface area contributed by atoms with Crippen LogP contribution in [0.1, 0.15) is 30.9 Å². The third-order valence-electron chi connectivity index (χ3n) is 2.90. The van der Waals surface area contributed by atoms with Crippen LogP contribution in [0.5, 0.6) is 0 Å². The topological polar surface area (TPSA) is 42.6 Å². The summed E-state index contributed by atoms with van der Waals surface area (Å²) in [5, 5.41) is 10.3. The molecule has 2 heterocycles. The molecule has 3 nitrogen and oxygen atoms in total. The van der Waals surface area contributed by atoms with Gasteiger partial charge >= 0.3 is 0 Å². The summed E-state index contributed by atoms with van der Waals surface area (Å²) in [4.78, 5) is 0. The van der Waals surface area contributed by atoms with Crippen molar-refractivity contribution in [1.29, 1.82) is 0 Å². The highest BCUT2D eigenvalue weighted by Crippen LogP contribution is 2.31. The second-order valence-electron chi connectivity index (χ2n) is 3.96. The smallest absolute Gasteiger partial charge is 0.198 e. The first-order valence-electron chi connectivity index (χ1n) is 5.26. The van der Waals surface area contributed by atoms with E-state index in [1.165, 1.54) is 6.26 Å². The summed E-state index contributed by atoms with van der Waals surface area (Å²) in [5.74, 6) is 0.528. The lowest BCUT2D eigenvalue weighted by Crippen LogP contribution is -2.17. The van der Waals surface area contributed by atoms with E-state index in [4.69, 9.17) is 20.8 Å². The molecule has 1 aromatic rings. The molecule has 2 rings (SSSR count). The van der Waals surface area contributed by atoms with Crippen molar-refractivity contribution < 1.29 is 14.3 Å². The highest BCUT2D eigenvalue weighted by Gasteiger charge is 2.21. The molecule has 1 unspecified atom stereocenters. The fraction of sp³-hybridized carbons (Fsp3) is 0.636. The molecule has 0 saturated carbocycles. The minimum Gasteiger partial charge on any atom is -0.453 e. The Labute approximate surface area is 94.0 Å². The molecule has 1 aliphatic heterocycles. The van der Waals surface area contributed by atoms with E-state index in [1.807, 2.05) is 0 Å². The Kier molecular flexibility index (Phi) is 3.67. The Morgan fingerprint density at radius 2 is 2.20 bits per heavy atom. The summed E-state index contributed by atoms with van der Waals surface area (Å²) in [6, 6.07) is 1.73. The van der Waals surface area contributed by atoms with E-state index < -0.39 is 6.10 Å². The molecule has 0 amide bonds. The van der Waals surface area contributed by atoms with Gasteiger partial charge in [-0.1, -0.05) is 0 Å². The van der Waals surface area contributed by atoms with Gasteiger partial charge in [0.1, 0.15) is 0 Å². The van der Waals surface area contributed by atoms with Crippen molar-refractivity contribution in [2.45, 2.75) is 25.4 Å². The normalized spacial score (nSPS) is 20.4. The molecule has 1 atom stereocenters. The van der Waals surface area contributed by atoms with Gasteiger partial charge in [0.15, 0.2) is 5.22 Å². The summed E-state index contributed by atoms with van der Waals surface area (Å²) in [6.45, 7) is 1.60. The van der Waals surface area contributed by atoms with Crippen LogP contribution in [-0.4, -0.2) is 18.3 Å². The number of ether oxygens (including phenoxy) is 1. The Balaban J connectivity index is 1.91. The first-order chi connectivity index (χ1) is 7.27. The fourth-order valence-corrected chi connectivity index (χ4v) is 2.21. The zero-order chi connectivity index (χ0) is 10.7. The third-order valence-corrected chi connectivity index (χ3v) is 3.21. The molecule has 1 fully saturated rings. The lowest BCUT2D eigenvalue weighted by Gasteiger charge is -2.23. The van der Waals surface area contributed by atoms with Crippen LogP contribution in [0.15, 0.2) is 16.7 Å². The first kappa shape index (κ1) is 11.0. The van der Waals surface area contributed by atoms with Gasteiger partial charge in [0, 0.05) is 18.8 Å². The fourth-order valence-electron chi connectivity index (χ4n) is 1.97. The molecule has 0 radical (unpaired) electrons. The van der Waals surface area contributed by atoms with Crippen molar-refractivity contribution in [1.82, 2.24) is 0 Å². The summed E-state index contributed by atoms with van der Waals surface area (Å²) < 4.78 is 10.2. The monoisotopic (exact) mass is 230 g/mol. The van der Waals surface area contributed by atoms with Crippen LogP contribution >= 0.6 is 11.6 Å². The molecule has 0 aliphatic carbocycles. The molecular weight excluding hydrogens is 216 g/mol. The Bertz CT molecular complexity index is 305. The molecule has 1 N–H and O–H groups in total. The zero-order valence-electron chi connectivity index (χ0n) is 8.49. The van der Waals surface area contributed by atoms with Gasteiger partial charge in [0.2, 0.25) is 0 Å². The Hall–Kier alpha value is -0.510. The summed E-state index contributed by atoms with van der Waals surface area (Å²) >= 11 is 5.80. The van der Waals surface area contributed by atoms with E-state index in [9.17, 15) is 5.11 Å². The summed E-state index contributed by atoms with van der Waals surface area (Å²) in [6.07, 6.45) is 3.77. The van der Waals surface area contributed by atoms with Crippen LogP contribution in [0, 0.1) is 5.92 Å². The lowest BCUT2D eigenvalue weighted by atomic mass is 9.92. The van der Waals surface area contributed by atoms with Crippen molar-refractivity contribution in [3.63, 3.8) is 0 Å². The maximum Gasteiger partial charge on any atom is 0.198 e. The maximum atomic E-state index is 9.96. The van der Waals surface area contributed by atoms with E-state index in [1.54, 1.807) is 6.07 Å². The van der Waals surface area contributed by atoms with Crippen LogP contribution in [-0.2, 0) is 4.74 Å². The molecule has 1 aromatic heterocycles. The average Bonchev–Trinajstić information content (AvgIpc) is 2.66. The maximum absolute atomic E-state index is 9.96. The highest BCUT2D eigenvalue weighted by molar-refractivity contribution is 6.29. The molecular formula is C11H15ClO3. The van der Waals surface area contributed by atoms with Crippen molar-refractivity contribution in [3.05, 3.63) is 23.1 Å². The molecule has 15 heavy (non-hydrogen) atoms. The number of furan rings is 1.